The molecule has 0 bridgehead atoms. The van der Waals surface area contributed by atoms with Crippen molar-refractivity contribution in [1.29, 1.82) is 0 Å². The maximum absolute atomic E-state index is 11.6. The van der Waals surface area contributed by atoms with E-state index in [-0.39, 0.29) is 0 Å². The van der Waals surface area contributed by atoms with E-state index in [1.165, 1.54) is 5.56 Å². The first-order valence-electron chi connectivity index (χ1n) is 8.51. The Bertz CT molecular complexity index is 883. The van der Waals surface area contributed by atoms with Gasteiger partial charge in [-0.1, -0.05) is 80.1 Å². The highest BCUT2D eigenvalue weighted by atomic mass is 16.1. The van der Waals surface area contributed by atoms with Gasteiger partial charge in [-0.2, -0.15) is 0 Å². The molecule has 0 heterocycles. The number of rotatable bonds is 6. The Labute approximate surface area is 148 Å². The summed E-state index contributed by atoms with van der Waals surface area (Å²) < 4.78 is 0. The van der Waals surface area contributed by atoms with Gasteiger partial charge in [0, 0.05) is 16.7 Å². The van der Waals surface area contributed by atoms with Gasteiger partial charge < -0.3 is 0 Å². The van der Waals surface area contributed by atoms with E-state index in [1.807, 2.05) is 30.3 Å². The second kappa shape index (κ2) is 7.71. The standard InChI is InChI=1S/C23H20O2/c1-2-8-17-9-3-4-12-20(17)21-13-5-6-14-22(21)23-18(15-24)10-7-11-19(23)16-25/h3-7,9-16H,2,8H2,1H3. The summed E-state index contributed by atoms with van der Waals surface area (Å²) in [5, 5.41) is 0. The Morgan fingerprint density at radius 2 is 1.24 bits per heavy atom. The molecule has 0 spiro atoms. The van der Waals surface area contributed by atoms with Crippen molar-refractivity contribution in [3.8, 4) is 22.3 Å². The molecule has 0 aliphatic heterocycles. The molecule has 0 saturated heterocycles. The average Bonchev–Trinajstić information content (AvgIpc) is 2.68. The molecular weight excluding hydrogens is 308 g/mol. The highest BCUT2D eigenvalue weighted by Crippen LogP contribution is 2.37. The van der Waals surface area contributed by atoms with Crippen molar-refractivity contribution in [3.05, 3.63) is 83.4 Å². The fourth-order valence-corrected chi connectivity index (χ4v) is 3.30. The van der Waals surface area contributed by atoms with Crippen molar-refractivity contribution in [2.24, 2.45) is 0 Å². The highest BCUT2D eigenvalue weighted by molar-refractivity contribution is 6.00. The molecule has 0 aliphatic rings. The number of carbonyl (C=O) groups is 2. The third-order valence-electron chi connectivity index (χ3n) is 4.41. The molecule has 2 heteroatoms. The van der Waals surface area contributed by atoms with Gasteiger partial charge in [-0.25, -0.2) is 0 Å². The molecule has 2 nitrogen and oxygen atoms in total. The third kappa shape index (κ3) is 3.29. The van der Waals surface area contributed by atoms with Crippen LogP contribution in [0.1, 0.15) is 39.6 Å². The van der Waals surface area contributed by atoms with Crippen LogP contribution in [0, 0.1) is 0 Å². The van der Waals surface area contributed by atoms with Crippen LogP contribution in [0.15, 0.2) is 66.7 Å². The van der Waals surface area contributed by atoms with Crippen LogP contribution >= 0.6 is 0 Å². The molecule has 3 aromatic carbocycles. The molecule has 0 aliphatic carbocycles. The largest absolute Gasteiger partial charge is 0.298 e. The first-order chi connectivity index (χ1) is 12.3. The summed E-state index contributed by atoms with van der Waals surface area (Å²) in [7, 11) is 0. The molecule has 0 fully saturated rings. The van der Waals surface area contributed by atoms with Gasteiger partial charge in [-0.05, 0) is 28.7 Å². The monoisotopic (exact) mass is 328 g/mol. The number of aldehydes is 2. The van der Waals surface area contributed by atoms with Crippen LogP contribution in [0.25, 0.3) is 22.3 Å². The van der Waals surface area contributed by atoms with Crippen LogP contribution in [0.3, 0.4) is 0 Å². The van der Waals surface area contributed by atoms with Gasteiger partial charge in [0.2, 0.25) is 0 Å². The van der Waals surface area contributed by atoms with Crippen LogP contribution < -0.4 is 0 Å². The summed E-state index contributed by atoms with van der Waals surface area (Å²) in [6, 6.07) is 21.5. The lowest BCUT2D eigenvalue weighted by molar-refractivity contribution is 0.112. The van der Waals surface area contributed by atoms with E-state index in [0.29, 0.717) is 16.7 Å². The SMILES string of the molecule is CCCc1ccccc1-c1ccccc1-c1c(C=O)cccc1C=O. The predicted molar refractivity (Wildman–Crippen MR) is 102 cm³/mol. The second-order valence-corrected chi connectivity index (χ2v) is 6.00. The lowest BCUT2D eigenvalue weighted by atomic mass is 9.87. The summed E-state index contributed by atoms with van der Waals surface area (Å²) in [4.78, 5) is 23.1. The maximum atomic E-state index is 11.6. The second-order valence-electron chi connectivity index (χ2n) is 6.00. The van der Waals surface area contributed by atoms with Crippen LogP contribution in [0.2, 0.25) is 0 Å². The number of hydrogen-bond acceptors (Lipinski definition) is 2. The third-order valence-corrected chi connectivity index (χ3v) is 4.41. The van der Waals surface area contributed by atoms with Gasteiger partial charge in [-0.15, -0.1) is 0 Å². The molecule has 0 amide bonds. The molecule has 0 atom stereocenters. The Morgan fingerprint density at radius 3 is 1.84 bits per heavy atom. The molecule has 0 unspecified atom stereocenters. The van der Waals surface area contributed by atoms with Crippen LogP contribution in [-0.2, 0) is 6.42 Å². The van der Waals surface area contributed by atoms with Crippen LogP contribution in [0.4, 0.5) is 0 Å². The minimum Gasteiger partial charge on any atom is -0.298 e. The normalized spacial score (nSPS) is 10.4. The molecule has 0 N–H and O–H groups in total. The average molecular weight is 328 g/mol. The van der Waals surface area contributed by atoms with E-state index in [9.17, 15) is 9.59 Å². The van der Waals surface area contributed by atoms with Gasteiger partial charge in [0.15, 0.2) is 12.6 Å². The Balaban J connectivity index is 2.30. The Kier molecular flexibility index (Phi) is 5.20. The minimum atomic E-state index is 0.532. The number of benzene rings is 3. The Hall–Kier alpha value is -3.00. The van der Waals surface area contributed by atoms with Crippen molar-refractivity contribution in [2.45, 2.75) is 19.8 Å². The quantitative estimate of drug-likeness (QED) is 0.552. The summed E-state index contributed by atoms with van der Waals surface area (Å²) in [5.41, 5.74) is 6.15. The van der Waals surface area contributed by atoms with Gasteiger partial charge in [0.1, 0.15) is 0 Å². The van der Waals surface area contributed by atoms with E-state index in [2.05, 4.69) is 25.1 Å². The molecule has 124 valence electrons. The van der Waals surface area contributed by atoms with E-state index in [0.717, 1.165) is 42.1 Å². The molecule has 3 aromatic rings. The minimum absolute atomic E-state index is 0.532. The highest BCUT2D eigenvalue weighted by Gasteiger charge is 2.15. The topological polar surface area (TPSA) is 34.1 Å². The van der Waals surface area contributed by atoms with Gasteiger partial charge >= 0.3 is 0 Å². The summed E-state index contributed by atoms with van der Waals surface area (Å²) in [6.07, 6.45) is 3.68. The van der Waals surface area contributed by atoms with Gasteiger partial charge in [-0.3, -0.25) is 9.59 Å². The van der Waals surface area contributed by atoms with Gasteiger partial charge in [0.05, 0.1) is 0 Å². The number of hydrogen-bond donors (Lipinski definition) is 0. The van der Waals surface area contributed by atoms with E-state index < -0.39 is 0 Å². The number of carbonyl (C=O) groups excluding carboxylic acids is 2. The fourth-order valence-electron chi connectivity index (χ4n) is 3.30. The van der Waals surface area contributed by atoms with Gasteiger partial charge in [0.25, 0.3) is 0 Å². The zero-order chi connectivity index (χ0) is 17.6. The lowest BCUT2D eigenvalue weighted by Gasteiger charge is -2.16. The van der Waals surface area contributed by atoms with Crippen LogP contribution in [-0.4, -0.2) is 12.6 Å². The van der Waals surface area contributed by atoms with Crippen molar-refractivity contribution >= 4 is 12.6 Å². The van der Waals surface area contributed by atoms with E-state index in [4.69, 9.17) is 0 Å². The summed E-state index contributed by atoms with van der Waals surface area (Å²) >= 11 is 0. The first kappa shape index (κ1) is 16.8. The molecule has 0 saturated carbocycles. The molecular formula is C23H20O2. The van der Waals surface area contributed by atoms with Crippen molar-refractivity contribution < 1.29 is 9.59 Å². The number of aryl methyl sites for hydroxylation is 1. The predicted octanol–water partition coefficient (Wildman–Crippen LogP) is 5.60. The smallest absolute Gasteiger partial charge is 0.150 e. The molecule has 3 rings (SSSR count). The maximum Gasteiger partial charge on any atom is 0.150 e. The lowest BCUT2D eigenvalue weighted by Crippen LogP contribution is -1.97. The van der Waals surface area contributed by atoms with Crippen molar-refractivity contribution in [2.75, 3.05) is 0 Å². The zero-order valence-corrected chi connectivity index (χ0v) is 14.2. The summed E-state index contributed by atoms with van der Waals surface area (Å²) in [5.74, 6) is 0. The van der Waals surface area contributed by atoms with Crippen LogP contribution in [0.5, 0.6) is 0 Å². The zero-order valence-electron chi connectivity index (χ0n) is 14.2. The van der Waals surface area contributed by atoms with E-state index >= 15 is 0 Å². The first-order valence-corrected chi connectivity index (χ1v) is 8.51. The van der Waals surface area contributed by atoms with Crippen molar-refractivity contribution in [1.82, 2.24) is 0 Å². The fraction of sp³-hybridized carbons (Fsp3) is 0.130. The molecule has 0 aromatic heterocycles. The summed E-state index contributed by atoms with van der Waals surface area (Å²) in [6.45, 7) is 2.16. The molecule has 25 heavy (non-hydrogen) atoms. The molecule has 0 radical (unpaired) electrons. The Morgan fingerprint density at radius 1 is 0.680 bits per heavy atom. The van der Waals surface area contributed by atoms with E-state index in [1.54, 1.807) is 18.2 Å². The van der Waals surface area contributed by atoms with Crippen molar-refractivity contribution in [3.63, 3.8) is 0 Å².